The zero-order valence-corrected chi connectivity index (χ0v) is 13.8. The van der Waals surface area contributed by atoms with Crippen LogP contribution >= 0.6 is 0 Å². The molecule has 0 radical (unpaired) electrons. The van der Waals surface area contributed by atoms with Crippen LogP contribution in [0.3, 0.4) is 0 Å². The van der Waals surface area contributed by atoms with Gasteiger partial charge in [-0.1, -0.05) is 0 Å². The van der Waals surface area contributed by atoms with Gasteiger partial charge in [-0.15, -0.1) is 0 Å². The van der Waals surface area contributed by atoms with E-state index in [4.69, 9.17) is 16.6 Å². The molecular weight excluding hydrogens is 258 g/mol. The summed E-state index contributed by atoms with van der Waals surface area (Å²) < 4.78 is 12.3. The third-order valence-corrected chi connectivity index (χ3v) is 4.48. The molecule has 1 fully saturated rings. The van der Waals surface area contributed by atoms with Crippen molar-refractivity contribution in [1.82, 2.24) is 0 Å². The number of benzene rings is 1. The van der Waals surface area contributed by atoms with Crippen LogP contribution in [0.4, 0.5) is 0 Å². The number of rotatable bonds is 2. The summed E-state index contributed by atoms with van der Waals surface area (Å²) in [5.41, 5.74) is 3.89. The van der Waals surface area contributed by atoms with E-state index in [1.54, 1.807) is 6.08 Å². The van der Waals surface area contributed by atoms with Crippen molar-refractivity contribution in [2.24, 2.45) is 0 Å². The first-order valence-corrected chi connectivity index (χ1v) is 7.27. The fourth-order valence-electron chi connectivity index (χ4n) is 2.58. The molecule has 4 heteroatoms. The maximum absolute atomic E-state index is 6.16. The van der Waals surface area contributed by atoms with Gasteiger partial charge in [0.2, 0.25) is 0 Å². The van der Waals surface area contributed by atoms with Crippen molar-refractivity contribution in [3.05, 3.63) is 34.9 Å². The van der Waals surface area contributed by atoms with Gasteiger partial charge < -0.3 is 0 Å². The topological polar surface area (TPSA) is 18.5 Å². The Morgan fingerprint density at radius 2 is 1.52 bits per heavy atom. The summed E-state index contributed by atoms with van der Waals surface area (Å²) in [6.45, 7) is 12.5. The minimum absolute atomic E-state index is 0.319. The Labute approximate surface area is 129 Å². The van der Waals surface area contributed by atoms with Gasteiger partial charge in [0.15, 0.2) is 0 Å². The summed E-state index contributed by atoms with van der Waals surface area (Å²) >= 11 is 0. The second kappa shape index (κ2) is 5.53. The van der Waals surface area contributed by atoms with Gasteiger partial charge in [-0.05, 0) is 0 Å². The molecule has 2 nitrogen and oxygen atoms in total. The van der Waals surface area contributed by atoms with Gasteiger partial charge >= 0.3 is 129 Å². The van der Waals surface area contributed by atoms with Crippen LogP contribution in [-0.4, -0.2) is 25.6 Å². The van der Waals surface area contributed by atoms with Crippen molar-refractivity contribution in [2.45, 2.75) is 52.7 Å². The molecule has 1 saturated heterocycles. The molecule has 0 saturated carbocycles. The molecule has 1 aromatic carbocycles. The molecular formula is C17H22B2O2. The van der Waals surface area contributed by atoms with Crippen molar-refractivity contribution in [3.8, 4) is 5.80 Å². The third kappa shape index (κ3) is 3.03. The predicted molar refractivity (Wildman–Crippen MR) is 90.3 cm³/mol. The van der Waals surface area contributed by atoms with E-state index in [0.29, 0.717) is 0 Å². The van der Waals surface area contributed by atoms with E-state index in [0.717, 1.165) is 22.2 Å². The van der Waals surface area contributed by atoms with Crippen LogP contribution in [0, 0.1) is 19.7 Å². The van der Waals surface area contributed by atoms with E-state index in [1.165, 1.54) is 0 Å². The van der Waals surface area contributed by atoms with Crippen LogP contribution in [0.25, 0.3) is 6.08 Å². The molecule has 0 amide bonds. The summed E-state index contributed by atoms with van der Waals surface area (Å²) in [4.78, 5) is 0. The summed E-state index contributed by atoms with van der Waals surface area (Å²) in [5, 5.41) is 0. The Kier molecular flexibility index (Phi) is 4.26. The number of hydrogen-bond donors (Lipinski definition) is 0. The van der Waals surface area contributed by atoms with Gasteiger partial charge in [-0.2, -0.15) is 0 Å². The van der Waals surface area contributed by atoms with E-state index >= 15 is 0 Å². The van der Waals surface area contributed by atoms with Gasteiger partial charge in [-0.3, -0.25) is 0 Å². The van der Waals surface area contributed by atoms with Gasteiger partial charge in [0, 0.05) is 0 Å². The van der Waals surface area contributed by atoms with Crippen LogP contribution in [-0.2, 0) is 9.31 Å². The van der Waals surface area contributed by atoms with E-state index in [-0.39, 0.29) is 18.3 Å². The average Bonchev–Trinajstić information content (AvgIpc) is 2.54. The van der Waals surface area contributed by atoms with Gasteiger partial charge in [0.25, 0.3) is 0 Å². The van der Waals surface area contributed by atoms with E-state index in [9.17, 15) is 0 Å². The summed E-state index contributed by atoms with van der Waals surface area (Å²) in [5.74, 6) is 2.52. The molecule has 108 valence electrons. The summed E-state index contributed by atoms with van der Waals surface area (Å²) in [6, 6.07) is 4.22. The van der Waals surface area contributed by atoms with E-state index in [2.05, 4.69) is 59.5 Å². The molecule has 0 unspecified atom stereocenters. The van der Waals surface area contributed by atoms with Crippen LogP contribution in [0.2, 0.25) is 0 Å². The first-order chi connectivity index (χ1) is 9.68. The molecule has 1 aromatic rings. The summed E-state index contributed by atoms with van der Waals surface area (Å²) in [7, 11) is 4.95. The normalized spacial score (nSPS) is 20.1. The van der Waals surface area contributed by atoms with Gasteiger partial charge in [-0.25, -0.2) is 0 Å². The molecule has 1 heterocycles. The molecule has 0 bridgehead atoms. The number of allylic oxidation sites excluding steroid dienone is 1. The molecule has 0 aliphatic carbocycles. The number of aryl methyl sites for hydroxylation is 2. The second-order valence-electron chi connectivity index (χ2n) is 6.66. The van der Waals surface area contributed by atoms with Crippen molar-refractivity contribution in [2.75, 3.05) is 0 Å². The Bertz CT molecular complexity index is 585. The van der Waals surface area contributed by atoms with Crippen molar-refractivity contribution >= 4 is 26.0 Å². The molecule has 1 aliphatic rings. The Morgan fingerprint density at radius 1 is 1.05 bits per heavy atom. The molecule has 21 heavy (non-hydrogen) atoms. The minimum atomic E-state index is -0.321. The zero-order valence-electron chi connectivity index (χ0n) is 13.8. The fourth-order valence-corrected chi connectivity index (χ4v) is 2.58. The monoisotopic (exact) mass is 280 g/mol. The molecule has 1 aliphatic heterocycles. The van der Waals surface area contributed by atoms with Crippen molar-refractivity contribution in [3.63, 3.8) is 0 Å². The first kappa shape index (κ1) is 16.2. The molecule has 0 N–H and O–H groups in total. The quantitative estimate of drug-likeness (QED) is 0.775. The van der Waals surface area contributed by atoms with Crippen molar-refractivity contribution in [1.29, 1.82) is 0 Å². The molecule has 0 spiro atoms. The zero-order chi connectivity index (χ0) is 15.8. The van der Waals surface area contributed by atoms with Gasteiger partial charge in [0.05, 0.1) is 0 Å². The second-order valence-corrected chi connectivity index (χ2v) is 6.66. The van der Waals surface area contributed by atoms with E-state index in [1.807, 2.05) is 6.08 Å². The molecule has 0 atom stereocenters. The first-order valence-electron chi connectivity index (χ1n) is 7.27. The standard InChI is InChI=1S/C17H22B2O2/c1-12-10-14(8-7-9-18)11-13(2)15(12)19-20-16(3,4)17(5,6)21-19/h7-8,10-11H,1-6H3/b8-7+. The van der Waals surface area contributed by atoms with Crippen LogP contribution in [0.1, 0.15) is 44.4 Å². The Hall–Kier alpha value is -1.21. The number of hydrogen-bond acceptors (Lipinski definition) is 2. The summed E-state index contributed by atoms with van der Waals surface area (Å²) in [6.07, 6.45) is 3.65. The van der Waals surface area contributed by atoms with Crippen LogP contribution in [0.15, 0.2) is 18.2 Å². The SMILES string of the molecule is B#C/C=C/c1cc(C)c(B2OC(C)(C)C(C)(C)O2)c(C)c1. The van der Waals surface area contributed by atoms with Crippen molar-refractivity contribution < 1.29 is 9.31 Å². The molecule has 2 rings (SSSR count). The maximum atomic E-state index is 6.16. The van der Waals surface area contributed by atoms with Crippen LogP contribution < -0.4 is 5.46 Å². The van der Waals surface area contributed by atoms with E-state index < -0.39 is 0 Å². The Balaban J connectivity index is 2.39. The fraction of sp³-hybridized carbons (Fsp3) is 0.471. The van der Waals surface area contributed by atoms with Crippen LogP contribution in [0.5, 0.6) is 0 Å². The Morgan fingerprint density at radius 3 is 1.95 bits per heavy atom. The average molecular weight is 280 g/mol. The molecule has 0 aromatic heterocycles. The third-order valence-electron chi connectivity index (χ3n) is 4.48. The van der Waals surface area contributed by atoms with Gasteiger partial charge in [0.1, 0.15) is 0 Å². The predicted octanol–water partition coefficient (Wildman–Crippen LogP) is 2.74.